The van der Waals surface area contributed by atoms with E-state index in [0.717, 1.165) is 47.9 Å². The minimum absolute atomic E-state index is 0.172. The second-order valence-corrected chi connectivity index (χ2v) is 7.53. The van der Waals surface area contributed by atoms with Crippen LogP contribution in [0.15, 0.2) is 28.4 Å². The van der Waals surface area contributed by atoms with Crippen LogP contribution >= 0.6 is 15.9 Å². The standard InChI is InChI=1S/C18H22BrNO3/c1-11-3-4-13(19)9-14(11)15-16(21)18(20-17(15)22)7-5-12(6-8-18)10-23-2/h3-4,9,12,21H,5-8,10H2,1-2H3,(H,20,22)/t12-,18+. The van der Waals surface area contributed by atoms with Gasteiger partial charge in [0.15, 0.2) is 0 Å². The van der Waals surface area contributed by atoms with Crippen LogP contribution in [0.3, 0.4) is 0 Å². The molecule has 0 atom stereocenters. The highest BCUT2D eigenvalue weighted by molar-refractivity contribution is 9.10. The van der Waals surface area contributed by atoms with Crippen molar-refractivity contribution in [3.05, 3.63) is 39.6 Å². The van der Waals surface area contributed by atoms with Crippen LogP contribution in [0, 0.1) is 12.8 Å². The largest absolute Gasteiger partial charge is 0.509 e. The van der Waals surface area contributed by atoms with Crippen molar-refractivity contribution in [1.82, 2.24) is 5.32 Å². The fourth-order valence-electron chi connectivity index (χ4n) is 3.73. The normalized spacial score (nSPS) is 27.6. The Bertz CT molecular complexity index is 660. The van der Waals surface area contributed by atoms with Gasteiger partial charge in [0.2, 0.25) is 0 Å². The number of aliphatic hydroxyl groups is 1. The molecule has 0 radical (unpaired) electrons. The number of amides is 1. The molecule has 0 aromatic heterocycles. The first-order valence-electron chi connectivity index (χ1n) is 7.98. The minimum Gasteiger partial charge on any atom is -0.509 e. The summed E-state index contributed by atoms with van der Waals surface area (Å²) in [6.45, 7) is 2.70. The molecule has 23 heavy (non-hydrogen) atoms. The van der Waals surface area contributed by atoms with E-state index in [1.165, 1.54) is 0 Å². The third-order valence-electron chi connectivity index (χ3n) is 5.10. The predicted molar refractivity (Wildman–Crippen MR) is 93.1 cm³/mol. The Morgan fingerprint density at radius 2 is 2.09 bits per heavy atom. The summed E-state index contributed by atoms with van der Waals surface area (Å²) in [6.07, 6.45) is 3.41. The van der Waals surface area contributed by atoms with Crippen LogP contribution < -0.4 is 5.32 Å². The maximum Gasteiger partial charge on any atom is 0.256 e. The van der Waals surface area contributed by atoms with E-state index in [4.69, 9.17) is 4.74 Å². The van der Waals surface area contributed by atoms with Crippen molar-refractivity contribution < 1.29 is 14.6 Å². The highest BCUT2D eigenvalue weighted by atomic mass is 79.9. The third-order valence-corrected chi connectivity index (χ3v) is 5.59. The van der Waals surface area contributed by atoms with Crippen molar-refractivity contribution in [2.24, 2.45) is 5.92 Å². The van der Waals surface area contributed by atoms with E-state index in [-0.39, 0.29) is 11.7 Å². The number of aliphatic hydroxyl groups excluding tert-OH is 1. The number of halogens is 1. The molecule has 0 saturated heterocycles. The maximum absolute atomic E-state index is 12.6. The molecule has 1 amide bonds. The average molecular weight is 380 g/mol. The summed E-state index contributed by atoms with van der Waals surface area (Å²) in [6, 6.07) is 5.79. The van der Waals surface area contributed by atoms with E-state index in [0.29, 0.717) is 11.5 Å². The molecule has 0 bridgehead atoms. The van der Waals surface area contributed by atoms with Gasteiger partial charge in [0.05, 0.1) is 11.1 Å². The molecule has 1 saturated carbocycles. The Morgan fingerprint density at radius 3 is 2.74 bits per heavy atom. The molecule has 1 aliphatic carbocycles. The van der Waals surface area contributed by atoms with Gasteiger partial charge in [0.1, 0.15) is 5.76 Å². The van der Waals surface area contributed by atoms with Gasteiger partial charge in [0.25, 0.3) is 5.91 Å². The lowest BCUT2D eigenvalue weighted by atomic mass is 9.76. The van der Waals surface area contributed by atoms with E-state index >= 15 is 0 Å². The van der Waals surface area contributed by atoms with Gasteiger partial charge in [-0.25, -0.2) is 0 Å². The second-order valence-electron chi connectivity index (χ2n) is 6.62. The van der Waals surface area contributed by atoms with E-state index in [1.807, 2.05) is 25.1 Å². The van der Waals surface area contributed by atoms with Gasteiger partial charge in [-0.3, -0.25) is 4.79 Å². The molecule has 1 heterocycles. The Balaban J connectivity index is 1.94. The molecule has 1 fully saturated rings. The number of hydrogen-bond acceptors (Lipinski definition) is 3. The average Bonchev–Trinajstić information content (AvgIpc) is 2.76. The van der Waals surface area contributed by atoms with E-state index in [9.17, 15) is 9.90 Å². The number of nitrogens with one attached hydrogen (secondary N) is 1. The van der Waals surface area contributed by atoms with E-state index in [2.05, 4.69) is 21.2 Å². The number of carbonyl (C=O) groups is 1. The number of carbonyl (C=O) groups excluding carboxylic acids is 1. The van der Waals surface area contributed by atoms with Gasteiger partial charge in [0, 0.05) is 18.2 Å². The first kappa shape index (κ1) is 16.5. The van der Waals surface area contributed by atoms with Crippen LogP contribution in [0.25, 0.3) is 5.57 Å². The summed E-state index contributed by atoms with van der Waals surface area (Å²) in [7, 11) is 1.72. The summed E-state index contributed by atoms with van der Waals surface area (Å²) in [5, 5.41) is 13.9. The van der Waals surface area contributed by atoms with Crippen molar-refractivity contribution in [1.29, 1.82) is 0 Å². The van der Waals surface area contributed by atoms with Crippen molar-refractivity contribution >= 4 is 27.4 Å². The fraction of sp³-hybridized carbons (Fsp3) is 0.500. The monoisotopic (exact) mass is 379 g/mol. The number of hydrogen-bond donors (Lipinski definition) is 2. The number of methoxy groups -OCH3 is 1. The lowest BCUT2D eigenvalue weighted by Crippen LogP contribution is -2.47. The van der Waals surface area contributed by atoms with Crippen LogP contribution in [0.5, 0.6) is 0 Å². The molecular formula is C18H22BrNO3. The molecule has 1 spiro atoms. The van der Waals surface area contributed by atoms with E-state index < -0.39 is 5.54 Å². The zero-order valence-electron chi connectivity index (χ0n) is 13.5. The zero-order chi connectivity index (χ0) is 16.6. The smallest absolute Gasteiger partial charge is 0.256 e. The summed E-state index contributed by atoms with van der Waals surface area (Å²) >= 11 is 3.45. The molecule has 1 aliphatic heterocycles. The zero-order valence-corrected chi connectivity index (χ0v) is 15.1. The van der Waals surface area contributed by atoms with Crippen molar-refractivity contribution in [2.45, 2.75) is 38.1 Å². The van der Waals surface area contributed by atoms with Crippen molar-refractivity contribution in [3.63, 3.8) is 0 Å². The van der Waals surface area contributed by atoms with Crippen molar-refractivity contribution in [2.75, 3.05) is 13.7 Å². The van der Waals surface area contributed by atoms with Gasteiger partial charge >= 0.3 is 0 Å². The van der Waals surface area contributed by atoms with Gasteiger partial charge in [-0.1, -0.05) is 22.0 Å². The topological polar surface area (TPSA) is 58.6 Å². The molecule has 1 aromatic carbocycles. The molecule has 124 valence electrons. The predicted octanol–water partition coefficient (Wildman–Crippen LogP) is 3.73. The van der Waals surface area contributed by atoms with Gasteiger partial charge in [-0.15, -0.1) is 0 Å². The summed E-state index contributed by atoms with van der Waals surface area (Å²) in [5.41, 5.74) is 1.61. The first-order valence-corrected chi connectivity index (χ1v) is 8.78. The number of rotatable bonds is 3. The van der Waals surface area contributed by atoms with Crippen LogP contribution in [0.4, 0.5) is 0 Å². The highest BCUT2D eigenvalue weighted by Crippen LogP contribution is 2.43. The lowest BCUT2D eigenvalue weighted by Gasteiger charge is -2.37. The molecule has 4 nitrogen and oxygen atoms in total. The van der Waals surface area contributed by atoms with E-state index in [1.54, 1.807) is 7.11 Å². The minimum atomic E-state index is -0.592. The Hall–Kier alpha value is -1.33. The first-order chi connectivity index (χ1) is 11.0. The second kappa shape index (κ2) is 6.29. The highest BCUT2D eigenvalue weighted by Gasteiger charge is 2.47. The third kappa shape index (κ3) is 2.92. The summed E-state index contributed by atoms with van der Waals surface area (Å²) in [4.78, 5) is 12.6. The Morgan fingerprint density at radius 1 is 1.39 bits per heavy atom. The Labute approximate surface area is 145 Å². The Kier molecular flexibility index (Phi) is 4.52. The lowest BCUT2D eigenvalue weighted by molar-refractivity contribution is -0.116. The van der Waals surface area contributed by atoms with Gasteiger partial charge < -0.3 is 15.2 Å². The SMILES string of the molecule is COC[C@H]1CC[C@]2(CC1)NC(=O)C(c1cc(Br)ccc1C)=C2O. The van der Waals surface area contributed by atoms with Crippen LogP contribution in [-0.2, 0) is 9.53 Å². The molecule has 3 rings (SSSR count). The molecule has 5 heteroatoms. The van der Waals surface area contributed by atoms with Gasteiger partial charge in [-0.05, 0) is 61.8 Å². The fourth-order valence-corrected chi connectivity index (χ4v) is 4.09. The number of ether oxygens (including phenoxy) is 1. The summed E-state index contributed by atoms with van der Waals surface area (Å²) < 4.78 is 6.13. The van der Waals surface area contributed by atoms with Crippen molar-refractivity contribution in [3.8, 4) is 0 Å². The molecule has 0 unspecified atom stereocenters. The van der Waals surface area contributed by atoms with Crippen LogP contribution in [0.1, 0.15) is 36.8 Å². The molecular weight excluding hydrogens is 358 g/mol. The number of aryl methyl sites for hydroxylation is 1. The van der Waals surface area contributed by atoms with Gasteiger partial charge in [-0.2, -0.15) is 0 Å². The molecule has 2 N–H and O–H groups in total. The van der Waals surface area contributed by atoms with Crippen LogP contribution in [0.2, 0.25) is 0 Å². The molecule has 1 aromatic rings. The quantitative estimate of drug-likeness (QED) is 0.840. The maximum atomic E-state index is 12.6. The number of benzene rings is 1. The summed E-state index contributed by atoms with van der Waals surface area (Å²) in [5.74, 6) is 0.542. The van der Waals surface area contributed by atoms with Crippen LogP contribution in [-0.4, -0.2) is 30.3 Å². The molecule has 2 aliphatic rings.